The zero-order valence-corrected chi connectivity index (χ0v) is 31.1. The molecule has 1 aliphatic heterocycles. The summed E-state index contributed by atoms with van der Waals surface area (Å²) < 4.78 is 36.7. The molecule has 1 saturated heterocycles. The van der Waals surface area contributed by atoms with Gasteiger partial charge in [-0.1, -0.05) is 182 Å². The Balaban J connectivity index is 1.59. The van der Waals surface area contributed by atoms with E-state index in [4.69, 9.17) is 20.6 Å². The summed E-state index contributed by atoms with van der Waals surface area (Å²) in [6, 6.07) is 62.5. The molecule has 1 fully saturated rings. The van der Waals surface area contributed by atoms with Gasteiger partial charge in [0.25, 0.3) is 20.0 Å². The van der Waals surface area contributed by atoms with E-state index in [1.807, 2.05) is 36.4 Å². The molecule has 228 valence electrons. The molecule has 7 rings (SSSR count). The Morgan fingerprint density at radius 1 is 0.283 bits per heavy atom. The van der Waals surface area contributed by atoms with Gasteiger partial charge in [-0.05, 0) is 31.1 Å². The molecule has 0 unspecified atom stereocenters. The van der Waals surface area contributed by atoms with Crippen molar-refractivity contribution in [2.75, 3.05) is 0 Å². The van der Waals surface area contributed by atoms with Gasteiger partial charge in [-0.15, -0.1) is 0 Å². The number of rotatable bonds is 6. The van der Waals surface area contributed by atoms with Gasteiger partial charge in [0.2, 0.25) is 0 Å². The lowest BCUT2D eigenvalue weighted by Crippen LogP contribution is -2.81. The molecule has 5 nitrogen and oxygen atoms in total. The molecule has 0 N–H and O–H groups in total. The summed E-state index contributed by atoms with van der Waals surface area (Å²) in [5, 5.41) is 6.04. The zero-order valence-electron chi connectivity index (χ0n) is 25.3. The van der Waals surface area contributed by atoms with Crippen LogP contribution in [0, 0.1) is 0 Å². The fraction of sp³-hybridized carbons (Fsp3) is 0. The first-order chi connectivity index (χ1) is 22.8. The average Bonchev–Trinajstić information content (AvgIpc) is 3.15. The molecule has 1 aliphatic rings. The third-order valence-corrected chi connectivity index (χ3v) is 24.9. The van der Waals surface area contributed by atoms with Crippen molar-refractivity contribution in [3.63, 3.8) is 0 Å². The van der Waals surface area contributed by atoms with Crippen molar-refractivity contribution in [2.24, 2.45) is 0 Å². The maximum absolute atomic E-state index is 8.00. The molecule has 6 aromatic carbocycles. The third-order valence-electron chi connectivity index (χ3n) is 8.19. The van der Waals surface area contributed by atoms with E-state index < -0.39 is 45.7 Å². The maximum Gasteiger partial charge on any atom is 0.390 e. The fourth-order valence-corrected chi connectivity index (χ4v) is 26.3. The lowest BCUT2D eigenvalue weighted by Gasteiger charge is -2.47. The van der Waals surface area contributed by atoms with Crippen LogP contribution in [0.4, 0.5) is 0 Å². The van der Waals surface area contributed by atoms with Gasteiger partial charge in [-0.2, -0.15) is 0 Å². The second kappa shape index (κ2) is 13.9. The van der Waals surface area contributed by atoms with Crippen molar-refractivity contribution < 1.29 is 20.6 Å². The molecule has 0 radical (unpaired) electrons. The van der Waals surface area contributed by atoms with Crippen molar-refractivity contribution >= 4 is 76.8 Å². The van der Waals surface area contributed by atoms with Gasteiger partial charge in [0.1, 0.15) is 0 Å². The minimum atomic E-state index is -3.71. The Hall–Kier alpha value is -3.80. The minimum Gasteiger partial charge on any atom is -0.425 e. The molecule has 0 atom stereocenters. The largest absolute Gasteiger partial charge is 0.425 e. The predicted molar refractivity (Wildman–Crippen MR) is 196 cm³/mol. The van der Waals surface area contributed by atoms with Crippen LogP contribution >= 0.6 is 0 Å². The summed E-state index contributed by atoms with van der Waals surface area (Å²) in [5.74, 6) is 0. The van der Waals surface area contributed by atoms with Gasteiger partial charge in [0.15, 0.2) is 0 Å². The van der Waals surface area contributed by atoms with Crippen LogP contribution in [0.1, 0.15) is 0 Å². The summed E-state index contributed by atoms with van der Waals surface area (Å²) >= 11 is 0. The molecule has 1 heterocycles. The smallest absolute Gasteiger partial charge is 0.390 e. The van der Waals surface area contributed by atoms with E-state index in [-0.39, 0.29) is 0 Å². The molecular weight excluding hydrogens is 653 g/mol. The fourth-order valence-electron chi connectivity index (χ4n) is 6.02. The number of hydrogen-bond donors (Lipinski definition) is 0. The molecule has 10 heteroatoms. The highest BCUT2D eigenvalue weighted by molar-refractivity contribution is 7.10. The van der Waals surface area contributed by atoms with E-state index in [2.05, 4.69) is 146 Å². The Labute approximate surface area is 278 Å². The average molecular weight is 687 g/mol. The Morgan fingerprint density at radius 2 is 0.500 bits per heavy atom. The van der Waals surface area contributed by atoms with E-state index in [1.54, 1.807) is 0 Å². The van der Waals surface area contributed by atoms with Crippen molar-refractivity contribution in [3.8, 4) is 0 Å². The lowest BCUT2D eigenvalue weighted by atomic mass is 10.4. The standard InChI is InChI=1S/C36H34O5Si5/c1-7-19-31(20-8-1)44(32-21-9-2-10-22-32)38-42-37-43-39-45(33-23-11-3-12-24-33,34-25-13-4-14-26-34)41-46(40-44,35-27-15-5-16-28-35)36-29-17-6-18-30-36/h1-30H,42-43H2. The summed E-state index contributed by atoms with van der Waals surface area (Å²) in [4.78, 5) is 0. The van der Waals surface area contributed by atoms with Crippen LogP contribution < -0.4 is 31.1 Å². The number of benzene rings is 6. The maximum atomic E-state index is 8.00. The Morgan fingerprint density at radius 3 is 0.739 bits per heavy atom. The van der Waals surface area contributed by atoms with E-state index >= 15 is 0 Å². The molecule has 46 heavy (non-hydrogen) atoms. The van der Waals surface area contributed by atoms with Crippen LogP contribution in [0.3, 0.4) is 0 Å². The van der Waals surface area contributed by atoms with Crippen LogP contribution in [-0.2, 0) is 20.6 Å². The lowest BCUT2D eigenvalue weighted by molar-refractivity contribution is 0.295. The van der Waals surface area contributed by atoms with Gasteiger partial charge >= 0.3 is 25.7 Å². The van der Waals surface area contributed by atoms with Crippen LogP contribution in [-0.4, -0.2) is 45.7 Å². The van der Waals surface area contributed by atoms with Crippen LogP contribution in [0.15, 0.2) is 182 Å². The molecular formula is C36H34O5Si5. The van der Waals surface area contributed by atoms with E-state index in [0.717, 1.165) is 31.1 Å². The van der Waals surface area contributed by atoms with Crippen molar-refractivity contribution in [3.05, 3.63) is 182 Å². The number of hydrogen-bond acceptors (Lipinski definition) is 5. The van der Waals surface area contributed by atoms with Gasteiger partial charge in [-0.3, -0.25) is 0 Å². The van der Waals surface area contributed by atoms with Gasteiger partial charge < -0.3 is 20.6 Å². The molecule has 0 aliphatic carbocycles. The highest BCUT2D eigenvalue weighted by Gasteiger charge is 2.60. The van der Waals surface area contributed by atoms with Crippen molar-refractivity contribution in [2.45, 2.75) is 0 Å². The summed E-state index contributed by atoms with van der Waals surface area (Å²) in [6.45, 7) is 0. The van der Waals surface area contributed by atoms with Crippen LogP contribution in [0.2, 0.25) is 0 Å². The zero-order chi connectivity index (χ0) is 31.1. The third kappa shape index (κ3) is 5.92. The first-order valence-electron chi connectivity index (χ1n) is 15.3. The quantitative estimate of drug-likeness (QED) is 0.251. The molecule has 6 aromatic rings. The Kier molecular flexibility index (Phi) is 9.32. The summed E-state index contributed by atoms with van der Waals surface area (Å²) in [7, 11) is -13.7. The monoisotopic (exact) mass is 686 g/mol. The Bertz CT molecular complexity index is 1600. The normalized spacial score (nSPS) is 18.5. The van der Waals surface area contributed by atoms with Gasteiger partial charge in [-0.25, -0.2) is 0 Å². The molecule has 0 saturated carbocycles. The molecule has 0 amide bonds. The van der Waals surface area contributed by atoms with E-state index in [1.165, 1.54) is 0 Å². The highest BCUT2D eigenvalue weighted by Crippen LogP contribution is 2.25. The minimum absolute atomic E-state index is 0.991. The van der Waals surface area contributed by atoms with E-state index in [9.17, 15) is 0 Å². The van der Waals surface area contributed by atoms with Crippen molar-refractivity contribution in [1.29, 1.82) is 0 Å². The second-order valence-electron chi connectivity index (χ2n) is 11.0. The van der Waals surface area contributed by atoms with E-state index in [0.29, 0.717) is 0 Å². The molecule has 0 bridgehead atoms. The predicted octanol–water partition coefficient (Wildman–Crippen LogP) is 1.85. The van der Waals surface area contributed by atoms with Crippen LogP contribution in [0.5, 0.6) is 0 Å². The first kappa shape index (κ1) is 30.8. The summed E-state index contributed by atoms with van der Waals surface area (Å²) in [5.41, 5.74) is 0. The van der Waals surface area contributed by atoms with Gasteiger partial charge in [0.05, 0.1) is 0 Å². The highest BCUT2D eigenvalue weighted by atomic mass is 28.5. The van der Waals surface area contributed by atoms with Crippen molar-refractivity contribution in [1.82, 2.24) is 0 Å². The summed E-state index contributed by atoms with van der Waals surface area (Å²) in [6.07, 6.45) is 0. The van der Waals surface area contributed by atoms with Crippen LogP contribution in [0.25, 0.3) is 0 Å². The molecule has 0 aromatic heterocycles. The second-order valence-corrected chi connectivity index (χ2v) is 24.2. The van der Waals surface area contributed by atoms with Gasteiger partial charge in [0, 0.05) is 0 Å². The first-order valence-corrected chi connectivity index (χ1v) is 23.1. The molecule has 0 spiro atoms. The SMILES string of the molecule is c1ccc([Si]2(c3ccccc3)O[SiH2]O[SiH2]O[Si](c3ccccc3)(c3ccccc3)O[Si](c3ccccc3)(c3ccccc3)O2)cc1. The topological polar surface area (TPSA) is 46.2 Å².